The molecule has 0 saturated heterocycles. The molecular formula is C24H26N6O5S. The minimum atomic E-state index is -0.529. The minimum Gasteiger partial charge on any atom is -0.462 e. The Bertz CT molecular complexity index is 1600. The predicted molar refractivity (Wildman–Crippen MR) is 136 cm³/mol. The molecule has 188 valence electrons. The topological polar surface area (TPSA) is 132 Å². The van der Waals surface area contributed by atoms with E-state index in [1.807, 2.05) is 18.2 Å². The molecule has 11 nitrogen and oxygen atoms in total. The molecule has 1 amide bonds. The van der Waals surface area contributed by atoms with E-state index in [1.54, 1.807) is 56.0 Å². The zero-order valence-corrected chi connectivity index (χ0v) is 21.4. The molecule has 0 aliphatic heterocycles. The van der Waals surface area contributed by atoms with Gasteiger partial charge in [-0.1, -0.05) is 30.0 Å². The monoisotopic (exact) mass is 510 g/mol. The molecule has 0 aliphatic carbocycles. The van der Waals surface area contributed by atoms with Crippen molar-refractivity contribution in [1.29, 1.82) is 0 Å². The van der Waals surface area contributed by atoms with Crippen LogP contribution >= 0.6 is 11.8 Å². The number of aromatic amines is 1. The molecule has 4 rings (SSSR count). The Morgan fingerprint density at radius 1 is 1.11 bits per heavy atom. The highest BCUT2D eigenvalue weighted by molar-refractivity contribution is 7.99. The van der Waals surface area contributed by atoms with Gasteiger partial charge in [0.25, 0.3) is 11.1 Å². The zero-order valence-electron chi connectivity index (χ0n) is 20.5. The SMILES string of the molecule is CCOC(=O)c1c(C)c2c(=O)[nH]nc(SCC(=O)Nc3c(C)n(C)n(-c4ccccc4)c3=O)n2c1C. The number of hydrogen-bond donors (Lipinski definition) is 2. The lowest BCUT2D eigenvalue weighted by atomic mass is 10.1. The van der Waals surface area contributed by atoms with Gasteiger partial charge in [0.1, 0.15) is 11.2 Å². The van der Waals surface area contributed by atoms with Crippen LogP contribution in [0.3, 0.4) is 0 Å². The van der Waals surface area contributed by atoms with Gasteiger partial charge >= 0.3 is 5.97 Å². The number of para-hydroxylation sites is 1. The molecule has 0 radical (unpaired) electrons. The van der Waals surface area contributed by atoms with Gasteiger partial charge in [-0.25, -0.2) is 14.6 Å². The van der Waals surface area contributed by atoms with Crippen molar-refractivity contribution >= 4 is 34.8 Å². The number of esters is 1. The summed E-state index contributed by atoms with van der Waals surface area (Å²) in [6.07, 6.45) is 0. The van der Waals surface area contributed by atoms with Gasteiger partial charge < -0.3 is 10.1 Å². The van der Waals surface area contributed by atoms with Crippen LogP contribution in [0.5, 0.6) is 0 Å². The fraction of sp³-hybridized carbons (Fsp3) is 0.292. The molecule has 0 saturated carbocycles. The van der Waals surface area contributed by atoms with Gasteiger partial charge in [0.2, 0.25) is 5.91 Å². The summed E-state index contributed by atoms with van der Waals surface area (Å²) in [4.78, 5) is 50.8. The number of anilines is 1. The maximum Gasteiger partial charge on any atom is 0.340 e. The molecule has 0 bridgehead atoms. The third kappa shape index (κ3) is 4.24. The number of hydrogen-bond acceptors (Lipinski definition) is 7. The molecule has 12 heteroatoms. The van der Waals surface area contributed by atoms with E-state index >= 15 is 0 Å². The van der Waals surface area contributed by atoms with E-state index in [0.717, 1.165) is 11.8 Å². The molecular weight excluding hydrogens is 484 g/mol. The fourth-order valence-electron chi connectivity index (χ4n) is 4.17. The van der Waals surface area contributed by atoms with Gasteiger partial charge in [-0.05, 0) is 45.4 Å². The number of rotatable bonds is 7. The third-order valence-corrected chi connectivity index (χ3v) is 6.88. The first-order valence-electron chi connectivity index (χ1n) is 11.2. The highest BCUT2D eigenvalue weighted by Gasteiger charge is 2.25. The number of H-pyrrole nitrogens is 1. The predicted octanol–water partition coefficient (Wildman–Crippen LogP) is 2.34. The fourth-order valence-corrected chi connectivity index (χ4v) is 4.97. The summed E-state index contributed by atoms with van der Waals surface area (Å²) in [5.41, 5.74) is 2.18. The molecule has 0 aliphatic rings. The van der Waals surface area contributed by atoms with E-state index in [4.69, 9.17) is 4.74 Å². The number of benzene rings is 1. The van der Waals surface area contributed by atoms with Crippen molar-refractivity contribution in [2.75, 3.05) is 17.7 Å². The largest absolute Gasteiger partial charge is 0.462 e. The molecule has 4 aromatic rings. The van der Waals surface area contributed by atoms with Crippen LogP contribution in [-0.2, 0) is 16.6 Å². The van der Waals surface area contributed by atoms with Crippen LogP contribution in [0.15, 0.2) is 45.1 Å². The minimum absolute atomic E-state index is 0.0847. The van der Waals surface area contributed by atoms with E-state index in [-0.39, 0.29) is 29.1 Å². The number of fused-ring (bicyclic) bond motifs is 1. The van der Waals surface area contributed by atoms with Crippen molar-refractivity contribution in [3.05, 3.63) is 73.6 Å². The van der Waals surface area contributed by atoms with Crippen molar-refractivity contribution in [3.8, 4) is 5.69 Å². The molecule has 0 unspecified atom stereocenters. The summed E-state index contributed by atoms with van der Waals surface area (Å²) < 4.78 is 9.85. The number of aromatic nitrogens is 5. The Morgan fingerprint density at radius 3 is 2.47 bits per heavy atom. The summed E-state index contributed by atoms with van der Waals surface area (Å²) in [5, 5.41) is 9.54. The Hall–Kier alpha value is -4.06. The first-order valence-corrected chi connectivity index (χ1v) is 12.2. The van der Waals surface area contributed by atoms with Gasteiger partial charge in [-0.3, -0.25) is 23.5 Å². The summed E-state index contributed by atoms with van der Waals surface area (Å²) in [6, 6.07) is 9.13. The molecule has 0 atom stereocenters. The first kappa shape index (κ1) is 25.0. The van der Waals surface area contributed by atoms with Gasteiger partial charge in [-0.2, -0.15) is 0 Å². The normalized spacial score (nSPS) is 11.1. The molecule has 3 heterocycles. The Morgan fingerprint density at radius 2 is 1.81 bits per heavy atom. The number of amides is 1. The second-order valence-corrected chi connectivity index (χ2v) is 9.04. The molecule has 1 aromatic carbocycles. The van der Waals surface area contributed by atoms with Gasteiger partial charge in [-0.15, -0.1) is 5.10 Å². The van der Waals surface area contributed by atoms with E-state index in [1.165, 1.54) is 4.68 Å². The second kappa shape index (κ2) is 9.90. The van der Waals surface area contributed by atoms with Crippen LogP contribution in [0.4, 0.5) is 5.69 Å². The quantitative estimate of drug-likeness (QED) is 0.288. The van der Waals surface area contributed by atoms with Crippen LogP contribution in [0.2, 0.25) is 0 Å². The van der Waals surface area contributed by atoms with Gasteiger partial charge in [0.15, 0.2) is 5.16 Å². The highest BCUT2D eigenvalue weighted by Crippen LogP contribution is 2.26. The van der Waals surface area contributed by atoms with E-state index < -0.39 is 17.4 Å². The summed E-state index contributed by atoms with van der Waals surface area (Å²) >= 11 is 1.07. The first-order chi connectivity index (χ1) is 17.2. The smallest absolute Gasteiger partial charge is 0.340 e. The van der Waals surface area contributed by atoms with Crippen molar-refractivity contribution in [1.82, 2.24) is 24.0 Å². The lowest BCUT2D eigenvalue weighted by Crippen LogP contribution is -2.24. The summed E-state index contributed by atoms with van der Waals surface area (Å²) in [6.45, 7) is 7.01. The average molecular weight is 511 g/mol. The van der Waals surface area contributed by atoms with Crippen LogP contribution in [0, 0.1) is 20.8 Å². The lowest BCUT2D eigenvalue weighted by Gasteiger charge is -2.07. The molecule has 0 fully saturated rings. The van der Waals surface area contributed by atoms with Crippen LogP contribution in [0.1, 0.15) is 34.2 Å². The number of carbonyl (C=O) groups is 2. The van der Waals surface area contributed by atoms with Crippen molar-refractivity contribution in [2.24, 2.45) is 7.05 Å². The van der Waals surface area contributed by atoms with Crippen molar-refractivity contribution in [3.63, 3.8) is 0 Å². The van der Waals surface area contributed by atoms with Crippen molar-refractivity contribution < 1.29 is 14.3 Å². The maximum absolute atomic E-state index is 13.1. The maximum atomic E-state index is 13.1. The third-order valence-electron chi connectivity index (χ3n) is 5.94. The standard InChI is InChI=1S/C24H26N6O5S/c1-6-35-23(34)18-13(2)20-21(32)26-27-24(29(20)14(18)3)36-12-17(31)25-19-15(4)28(5)30(22(19)33)16-10-8-7-9-11-16/h7-11H,6,12H2,1-5H3,(H,25,31)(H,26,32). The Balaban J connectivity index is 1.61. The number of thioether (sulfide) groups is 1. The highest BCUT2D eigenvalue weighted by atomic mass is 32.2. The molecule has 2 N–H and O–H groups in total. The number of nitrogens with zero attached hydrogens (tertiary/aromatic N) is 4. The van der Waals surface area contributed by atoms with Crippen LogP contribution in [-0.4, -0.2) is 48.2 Å². The number of carbonyl (C=O) groups excluding carboxylic acids is 2. The lowest BCUT2D eigenvalue weighted by molar-refractivity contribution is -0.113. The number of aryl methyl sites for hydroxylation is 2. The Kier molecular flexibility index (Phi) is 6.88. The molecule has 36 heavy (non-hydrogen) atoms. The van der Waals surface area contributed by atoms with Crippen molar-refractivity contribution in [2.45, 2.75) is 32.9 Å². The van der Waals surface area contributed by atoms with Crippen LogP contribution < -0.4 is 16.4 Å². The second-order valence-electron chi connectivity index (χ2n) is 8.10. The van der Waals surface area contributed by atoms with Gasteiger partial charge in [0.05, 0.1) is 29.3 Å². The van der Waals surface area contributed by atoms with E-state index in [2.05, 4.69) is 15.5 Å². The van der Waals surface area contributed by atoms with E-state index in [9.17, 15) is 19.2 Å². The zero-order chi connectivity index (χ0) is 26.1. The Labute approximate surface area is 210 Å². The molecule has 3 aromatic heterocycles. The van der Waals surface area contributed by atoms with E-state index in [0.29, 0.717) is 33.4 Å². The number of nitrogens with one attached hydrogen (secondary N) is 2. The number of ether oxygens (including phenoxy) is 1. The average Bonchev–Trinajstić information content (AvgIpc) is 3.24. The van der Waals surface area contributed by atoms with Gasteiger partial charge in [0, 0.05) is 12.7 Å². The van der Waals surface area contributed by atoms with Crippen LogP contribution in [0.25, 0.3) is 11.2 Å². The molecule has 0 spiro atoms. The summed E-state index contributed by atoms with van der Waals surface area (Å²) in [5.74, 6) is -1.03. The summed E-state index contributed by atoms with van der Waals surface area (Å²) in [7, 11) is 1.74.